The maximum Gasteiger partial charge on any atom is 0.225 e. The Morgan fingerprint density at radius 3 is 2.84 bits per heavy atom. The highest BCUT2D eigenvalue weighted by Crippen LogP contribution is 2.12. The van der Waals surface area contributed by atoms with E-state index in [0.29, 0.717) is 0 Å². The van der Waals surface area contributed by atoms with Crippen molar-refractivity contribution in [1.29, 1.82) is 0 Å². The van der Waals surface area contributed by atoms with Crippen molar-refractivity contribution < 1.29 is 4.79 Å². The van der Waals surface area contributed by atoms with E-state index in [4.69, 9.17) is 0 Å². The second-order valence-corrected chi connectivity index (χ2v) is 5.30. The number of likely N-dealkylation sites (N-methyl/N-ethyl adjacent to an activating group) is 1. The molecule has 106 valence electrons. The van der Waals surface area contributed by atoms with E-state index in [9.17, 15) is 4.79 Å². The number of carbonyl (C=O) groups excluding carboxylic acids is 1. The molecule has 0 aromatic carbocycles. The summed E-state index contributed by atoms with van der Waals surface area (Å²) < 4.78 is 2.03. The van der Waals surface area contributed by atoms with E-state index in [-0.39, 0.29) is 11.8 Å². The van der Waals surface area contributed by atoms with E-state index >= 15 is 0 Å². The molecule has 6 heteroatoms. The van der Waals surface area contributed by atoms with Crippen LogP contribution in [0, 0.1) is 5.92 Å². The molecule has 19 heavy (non-hydrogen) atoms. The summed E-state index contributed by atoms with van der Waals surface area (Å²) in [6.45, 7) is 4.44. The van der Waals surface area contributed by atoms with Crippen molar-refractivity contribution in [1.82, 2.24) is 24.7 Å². The lowest BCUT2D eigenvalue weighted by Crippen LogP contribution is -2.39. The van der Waals surface area contributed by atoms with E-state index in [0.717, 1.165) is 32.7 Å². The maximum atomic E-state index is 11.9. The smallest absolute Gasteiger partial charge is 0.225 e. The predicted octanol–water partition coefficient (Wildman–Crippen LogP) is -0.470. The van der Waals surface area contributed by atoms with Gasteiger partial charge in [0.2, 0.25) is 5.91 Å². The predicted molar refractivity (Wildman–Crippen MR) is 73.5 cm³/mol. The second-order valence-electron chi connectivity index (χ2n) is 5.30. The molecule has 1 atom stereocenters. The Morgan fingerprint density at radius 2 is 2.21 bits per heavy atom. The molecule has 0 aliphatic carbocycles. The standard InChI is InChI=1S/C13H23N5O/c1-14-13(19)11-7-16(2)4-5-18(8-11)9-12-6-15-10-17(12)3/h6,10-11H,4-5,7-9H2,1-3H3,(H,14,19)/t11-/m0/s1. The molecule has 1 aromatic heterocycles. The Labute approximate surface area is 114 Å². The topological polar surface area (TPSA) is 53.4 Å². The first-order valence-electron chi connectivity index (χ1n) is 6.68. The highest BCUT2D eigenvalue weighted by atomic mass is 16.1. The van der Waals surface area contributed by atoms with Crippen LogP contribution < -0.4 is 5.32 Å². The fourth-order valence-corrected chi connectivity index (χ4v) is 2.52. The van der Waals surface area contributed by atoms with Gasteiger partial charge in [-0.2, -0.15) is 0 Å². The molecule has 6 nitrogen and oxygen atoms in total. The summed E-state index contributed by atoms with van der Waals surface area (Å²) in [6, 6.07) is 0. The zero-order chi connectivity index (χ0) is 13.8. The lowest BCUT2D eigenvalue weighted by Gasteiger charge is -2.22. The number of aromatic nitrogens is 2. The summed E-state index contributed by atoms with van der Waals surface area (Å²) in [5, 5.41) is 2.76. The average Bonchev–Trinajstić information content (AvgIpc) is 2.69. The lowest BCUT2D eigenvalue weighted by atomic mass is 10.1. The zero-order valence-corrected chi connectivity index (χ0v) is 12.0. The van der Waals surface area contributed by atoms with Crippen LogP contribution in [0.1, 0.15) is 5.69 Å². The van der Waals surface area contributed by atoms with Crippen molar-refractivity contribution in [3.05, 3.63) is 18.2 Å². The maximum absolute atomic E-state index is 11.9. The van der Waals surface area contributed by atoms with Gasteiger partial charge in [-0.3, -0.25) is 9.69 Å². The molecule has 0 saturated carbocycles. The molecule has 1 aromatic rings. The first-order valence-corrected chi connectivity index (χ1v) is 6.68. The number of carbonyl (C=O) groups is 1. The minimum Gasteiger partial charge on any atom is -0.359 e. The third-order valence-corrected chi connectivity index (χ3v) is 3.73. The molecule has 1 fully saturated rings. The van der Waals surface area contributed by atoms with Crippen LogP contribution in [0.25, 0.3) is 0 Å². The monoisotopic (exact) mass is 265 g/mol. The van der Waals surface area contributed by atoms with Crippen LogP contribution >= 0.6 is 0 Å². The minimum atomic E-state index is 0.0331. The molecule has 2 heterocycles. The first kappa shape index (κ1) is 14.0. The summed E-state index contributed by atoms with van der Waals surface area (Å²) in [4.78, 5) is 20.6. The number of imidazole rings is 1. The van der Waals surface area contributed by atoms with E-state index in [1.54, 1.807) is 7.05 Å². The van der Waals surface area contributed by atoms with Gasteiger partial charge in [0.05, 0.1) is 17.9 Å². The number of hydrogen-bond acceptors (Lipinski definition) is 4. The Balaban J connectivity index is 2.04. The van der Waals surface area contributed by atoms with E-state index in [1.165, 1.54) is 5.69 Å². The van der Waals surface area contributed by atoms with Crippen molar-refractivity contribution in [3.8, 4) is 0 Å². The molecule has 1 amide bonds. The Bertz CT molecular complexity index is 430. The Kier molecular flexibility index (Phi) is 4.55. The van der Waals surface area contributed by atoms with Crippen LogP contribution in [0.4, 0.5) is 0 Å². The van der Waals surface area contributed by atoms with Gasteiger partial charge in [0.15, 0.2) is 0 Å². The molecular formula is C13H23N5O. The van der Waals surface area contributed by atoms with Crippen molar-refractivity contribution in [2.45, 2.75) is 6.54 Å². The number of amides is 1. The van der Waals surface area contributed by atoms with Gasteiger partial charge in [0, 0.05) is 53.0 Å². The van der Waals surface area contributed by atoms with Gasteiger partial charge in [0.1, 0.15) is 0 Å². The number of nitrogens with zero attached hydrogens (tertiary/aromatic N) is 4. The van der Waals surface area contributed by atoms with Gasteiger partial charge in [-0.15, -0.1) is 0 Å². The SMILES string of the molecule is CNC(=O)[C@H]1CN(C)CCN(Cc2cncn2C)C1. The molecule has 0 unspecified atom stereocenters. The van der Waals surface area contributed by atoms with Gasteiger partial charge < -0.3 is 14.8 Å². The van der Waals surface area contributed by atoms with Crippen LogP contribution in [-0.2, 0) is 18.4 Å². The second kappa shape index (κ2) is 6.16. The quantitative estimate of drug-likeness (QED) is 0.803. The molecule has 2 rings (SSSR count). The molecule has 1 saturated heterocycles. The fraction of sp³-hybridized carbons (Fsp3) is 0.692. The molecular weight excluding hydrogens is 242 g/mol. The van der Waals surface area contributed by atoms with E-state index in [1.807, 2.05) is 24.1 Å². The molecule has 0 spiro atoms. The molecule has 0 radical (unpaired) electrons. The zero-order valence-electron chi connectivity index (χ0n) is 12.0. The largest absolute Gasteiger partial charge is 0.359 e. The summed E-state index contributed by atoms with van der Waals surface area (Å²) >= 11 is 0. The first-order chi connectivity index (χ1) is 9.10. The number of hydrogen-bond donors (Lipinski definition) is 1. The van der Waals surface area contributed by atoms with Gasteiger partial charge in [-0.1, -0.05) is 0 Å². The molecule has 1 aliphatic heterocycles. The Hall–Kier alpha value is -1.40. The molecule has 1 aliphatic rings. The van der Waals surface area contributed by atoms with Crippen LogP contribution in [0.15, 0.2) is 12.5 Å². The molecule has 1 N–H and O–H groups in total. The summed E-state index contributed by atoms with van der Waals surface area (Å²) in [7, 11) is 5.78. The minimum absolute atomic E-state index is 0.0331. The highest BCUT2D eigenvalue weighted by Gasteiger charge is 2.26. The van der Waals surface area contributed by atoms with Crippen molar-refractivity contribution >= 4 is 5.91 Å². The van der Waals surface area contributed by atoms with Gasteiger partial charge in [-0.25, -0.2) is 4.98 Å². The summed E-state index contributed by atoms with van der Waals surface area (Å²) in [5.41, 5.74) is 1.18. The van der Waals surface area contributed by atoms with Crippen LogP contribution in [0.2, 0.25) is 0 Å². The normalized spacial score (nSPS) is 22.2. The van der Waals surface area contributed by atoms with Gasteiger partial charge >= 0.3 is 0 Å². The highest BCUT2D eigenvalue weighted by molar-refractivity contribution is 5.78. The van der Waals surface area contributed by atoms with Crippen molar-refractivity contribution in [2.75, 3.05) is 40.3 Å². The Morgan fingerprint density at radius 1 is 1.42 bits per heavy atom. The van der Waals surface area contributed by atoms with Crippen LogP contribution in [0.3, 0.4) is 0 Å². The molecule has 0 bridgehead atoms. The lowest BCUT2D eigenvalue weighted by molar-refractivity contribution is -0.125. The summed E-state index contributed by atoms with van der Waals surface area (Å²) in [5.74, 6) is 0.162. The summed E-state index contributed by atoms with van der Waals surface area (Å²) in [6.07, 6.45) is 3.71. The number of rotatable bonds is 3. The van der Waals surface area contributed by atoms with Gasteiger partial charge in [-0.05, 0) is 7.05 Å². The number of aryl methyl sites for hydroxylation is 1. The third kappa shape index (κ3) is 3.54. The van der Waals surface area contributed by atoms with E-state index in [2.05, 4.69) is 27.1 Å². The number of nitrogens with one attached hydrogen (secondary N) is 1. The van der Waals surface area contributed by atoms with Crippen molar-refractivity contribution in [3.63, 3.8) is 0 Å². The van der Waals surface area contributed by atoms with Gasteiger partial charge in [0.25, 0.3) is 0 Å². The third-order valence-electron chi connectivity index (χ3n) is 3.73. The van der Waals surface area contributed by atoms with Crippen molar-refractivity contribution in [2.24, 2.45) is 13.0 Å². The van der Waals surface area contributed by atoms with E-state index < -0.39 is 0 Å². The fourth-order valence-electron chi connectivity index (χ4n) is 2.52. The van der Waals surface area contributed by atoms with Crippen LogP contribution in [0.5, 0.6) is 0 Å². The van der Waals surface area contributed by atoms with Crippen LogP contribution in [-0.4, -0.2) is 65.5 Å². The average molecular weight is 265 g/mol.